The second-order valence-electron chi connectivity index (χ2n) is 8.84. The van der Waals surface area contributed by atoms with Crippen molar-refractivity contribution in [2.45, 2.75) is 46.6 Å². The highest BCUT2D eigenvalue weighted by molar-refractivity contribution is 8.18. The number of carbonyl (C=O) groups is 1. The quantitative estimate of drug-likeness (QED) is 0.496. The number of amides is 1. The van der Waals surface area contributed by atoms with Crippen molar-refractivity contribution in [2.24, 2.45) is 4.99 Å². The van der Waals surface area contributed by atoms with Crippen LogP contribution in [0, 0.1) is 6.92 Å². The molecule has 0 aliphatic carbocycles. The largest absolute Gasteiger partial charge is 0.362 e. The second-order valence-corrected chi connectivity index (χ2v) is 10.3. The van der Waals surface area contributed by atoms with Crippen LogP contribution in [0.25, 0.3) is 11.6 Å². The third kappa shape index (κ3) is 4.50. The fourth-order valence-electron chi connectivity index (χ4n) is 4.22. The number of hydrogen-bond acceptors (Lipinski definition) is 4. The van der Waals surface area contributed by atoms with Crippen molar-refractivity contribution in [2.75, 3.05) is 11.4 Å². The van der Waals surface area contributed by atoms with Crippen molar-refractivity contribution in [1.82, 2.24) is 5.32 Å². The first-order chi connectivity index (χ1) is 15.2. The Kier molecular flexibility index (Phi) is 6.24. The van der Waals surface area contributed by atoms with E-state index in [1.54, 1.807) is 0 Å². The molecule has 0 unspecified atom stereocenters. The molecule has 1 fully saturated rings. The van der Waals surface area contributed by atoms with E-state index in [4.69, 9.17) is 11.6 Å². The van der Waals surface area contributed by atoms with Crippen LogP contribution in [0.1, 0.15) is 50.8 Å². The first-order valence-electron chi connectivity index (χ1n) is 10.8. The molecule has 0 spiro atoms. The molecular weight excluding hydrogens is 438 g/mol. The van der Waals surface area contributed by atoms with E-state index in [9.17, 15) is 4.79 Å². The lowest BCUT2D eigenvalue weighted by Gasteiger charge is -2.43. The van der Waals surface area contributed by atoms with Gasteiger partial charge in [-0.05, 0) is 87.4 Å². The molecule has 2 aliphatic heterocycles. The van der Waals surface area contributed by atoms with Gasteiger partial charge in [-0.3, -0.25) is 4.79 Å². The molecule has 2 heterocycles. The molecule has 1 N–H and O–H groups in total. The molecule has 4 rings (SSSR count). The summed E-state index contributed by atoms with van der Waals surface area (Å²) in [6.45, 7) is 11.8. The van der Waals surface area contributed by atoms with E-state index in [2.05, 4.69) is 55.0 Å². The molecule has 32 heavy (non-hydrogen) atoms. The average Bonchev–Trinajstić information content (AvgIpc) is 3.06. The number of aliphatic imine (C=N–C) groups is 1. The summed E-state index contributed by atoms with van der Waals surface area (Å²) in [6.07, 6.45) is 5.22. The van der Waals surface area contributed by atoms with Crippen LogP contribution in [-0.2, 0) is 4.79 Å². The summed E-state index contributed by atoms with van der Waals surface area (Å²) < 4.78 is 0. The van der Waals surface area contributed by atoms with Crippen LogP contribution in [0.5, 0.6) is 0 Å². The smallest absolute Gasteiger partial charge is 0.264 e. The molecule has 2 aliphatic rings. The summed E-state index contributed by atoms with van der Waals surface area (Å²) in [7, 11) is 0. The number of benzene rings is 2. The molecular formula is C26H28ClN3OS. The Morgan fingerprint density at radius 1 is 1.19 bits per heavy atom. The standard InChI is InChI=1S/C26H28ClN3OS/c1-6-11-30-22-14-21(27)18(12-20(22)17(3)15-26(30,4)5)13-23-24(31)29-25(32-23)28-19-9-7-16(2)8-10-19/h7-10,12-15H,6,11H2,1-5H3,(H,28,29,31)/b23-13+. The lowest BCUT2D eigenvalue weighted by molar-refractivity contribution is -0.115. The summed E-state index contributed by atoms with van der Waals surface area (Å²) in [5, 5.41) is 4.07. The van der Waals surface area contributed by atoms with Crippen LogP contribution in [-0.4, -0.2) is 23.2 Å². The number of anilines is 1. The van der Waals surface area contributed by atoms with Gasteiger partial charge in [-0.2, -0.15) is 0 Å². The number of amidine groups is 1. The van der Waals surface area contributed by atoms with Gasteiger partial charge in [0.1, 0.15) is 0 Å². The molecule has 0 saturated carbocycles. The van der Waals surface area contributed by atoms with Crippen molar-refractivity contribution >= 4 is 57.5 Å². The zero-order valence-electron chi connectivity index (χ0n) is 19.1. The minimum absolute atomic E-state index is 0.0705. The highest BCUT2D eigenvalue weighted by Gasteiger charge is 2.31. The molecule has 0 radical (unpaired) electrons. The maximum atomic E-state index is 12.6. The SMILES string of the molecule is CCCN1c2cc(Cl)c(/C=C3/SC(=Nc4ccc(C)cc4)NC3=O)cc2C(C)=CC1(C)C. The van der Waals surface area contributed by atoms with Gasteiger partial charge >= 0.3 is 0 Å². The molecule has 6 heteroatoms. The second kappa shape index (κ2) is 8.80. The van der Waals surface area contributed by atoms with Gasteiger partial charge < -0.3 is 10.2 Å². The van der Waals surface area contributed by atoms with Crippen LogP contribution in [0.2, 0.25) is 5.02 Å². The normalized spacial score (nSPS) is 19.9. The number of carbonyl (C=O) groups excluding carboxylic acids is 1. The van der Waals surface area contributed by atoms with Gasteiger partial charge in [0.2, 0.25) is 0 Å². The van der Waals surface area contributed by atoms with Crippen molar-refractivity contribution in [3.05, 3.63) is 69.1 Å². The number of allylic oxidation sites excluding steroid dienone is 1. The third-order valence-electron chi connectivity index (χ3n) is 5.75. The van der Waals surface area contributed by atoms with E-state index in [0.717, 1.165) is 35.5 Å². The lowest BCUT2D eigenvalue weighted by atomic mass is 9.87. The van der Waals surface area contributed by atoms with Crippen LogP contribution < -0.4 is 10.2 Å². The number of aryl methyl sites for hydroxylation is 1. The van der Waals surface area contributed by atoms with E-state index in [0.29, 0.717) is 15.1 Å². The van der Waals surface area contributed by atoms with Crippen molar-refractivity contribution in [3.8, 4) is 0 Å². The maximum Gasteiger partial charge on any atom is 0.264 e. The third-order valence-corrected chi connectivity index (χ3v) is 6.98. The van der Waals surface area contributed by atoms with Gasteiger partial charge in [0, 0.05) is 22.8 Å². The molecule has 166 valence electrons. The molecule has 2 aromatic carbocycles. The van der Waals surface area contributed by atoms with E-state index in [1.807, 2.05) is 43.3 Å². The van der Waals surface area contributed by atoms with Crippen LogP contribution in [0.15, 0.2) is 52.4 Å². The summed E-state index contributed by atoms with van der Waals surface area (Å²) in [6, 6.07) is 12.0. The topological polar surface area (TPSA) is 44.7 Å². The Morgan fingerprint density at radius 3 is 2.59 bits per heavy atom. The number of rotatable bonds is 4. The Labute approximate surface area is 199 Å². The Bertz CT molecular complexity index is 1160. The first kappa shape index (κ1) is 22.7. The number of thioether (sulfide) groups is 1. The predicted octanol–water partition coefficient (Wildman–Crippen LogP) is 6.95. The molecule has 1 saturated heterocycles. The van der Waals surface area contributed by atoms with Gasteiger partial charge in [0.05, 0.1) is 16.1 Å². The van der Waals surface area contributed by atoms with Crippen molar-refractivity contribution < 1.29 is 4.79 Å². The van der Waals surface area contributed by atoms with Gasteiger partial charge in [-0.25, -0.2) is 4.99 Å². The van der Waals surface area contributed by atoms with Crippen LogP contribution >= 0.6 is 23.4 Å². The highest BCUT2D eigenvalue weighted by Crippen LogP contribution is 2.42. The van der Waals surface area contributed by atoms with E-state index in [1.165, 1.54) is 22.9 Å². The summed E-state index contributed by atoms with van der Waals surface area (Å²) in [4.78, 5) is 20.1. The molecule has 4 nitrogen and oxygen atoms in total. The molecule has 0 bridgehead atoms. The fourth-order valence-corrected chi connectivity index (χ4v) is 5.26. The number of fused-ring (bicyclic) bond motifs is 1. The molecule has 0 aromatic heterocycles. The van der Waals surface area contributed by atoms with Gasteiger partial charge in [0.25, 0.3) is 5.91 Å². The van der Waals surface area contributed by atoms with Gasteiger partial charge in [-0.1, -0.05) is 42.3 Å². The summed E-state index contributed by atoms with van der Waals surface area (Å²) >= 11 is 8.05. The number of hydrogen-bond donors (Lipinski definition) is 1. The minimum atomic E-state index is -0.157. The number of nitrogens with one attached hydrogen (secondary N) is 1. The van der Waals surface area contributed by atoms with Gasteiger partial charge in [0.15, 0.2) is 5.17 Å². The van der Waals surface area contributed by atoms with Crippen LogP contribution in [0.3, 0.4) is 0 Å². The van der Waals surface area contributed by atoms with Crippen molar-refractivity contribution in [3.63, 3.8) is 0 Å². The van der Waals surface area contributed by atoms with Crippen LogP contribution in [0.4, 0.5) is 11.4 Å². The highest BCUT2D eigenvalue weighted by atomic mass is 35.5. The Morgan fingerprint density at radius 2 is 1.91 bits per heavy atom. The number of nitrogens with zero attached hydrogens (tertiary/aromatic N) is 2. The summed E-state index contributed by atoms with van der Waals surface area (Å²) in [5.41, 5.74) is 6.28. The molecule has 1 amide bonds. The fraction of sp³-hybridized carbons (Fsp3) is 0.308. The Hall–Kier alpha value is -2.50. The van der Waals surface area contributed by atoms with E-state index in [-0.39, 0.29) is 11.4 Å². The minimum Gasteiger partial charge on any atom is -0.362 e. The average molecular weight is 466 g/mol. The van der Waals surface area contributed by atoms with Crippen molar-refractivity contribution in [1.29, 1.82) is 0 Å². The van der Waals surface area contributed by atoms with E-state index >= 15 is 0 Å². The number of halogens is 1. The zero-order chi connectivity index (χ0) is 23.0. The molecule has 2 aromatic rings. The van der Waals surface area contributed by atoms with E-state index < -0.39 is 0 Å². The lowest BCUT2D eigenvalue weighted by Crippen LogP contribution is -2.45. The van der Waals surface area contributed by atoms with Gasteiger partial charge in [-0.15, -0.1) is 0 Å². The monoisotopic (exact) mass is 465 g/mol. The zero-order valence-corrected chi connectivity index (χ0v) is 20.7. The molecule has 0 atom stereocenters. The summed E-state index contributed by atoms with van der Waals surface area (Å²) in [5.74, 6) is -0.157. The Balaban J connectivity index is 1.67. The predicted molar refractivity (Wildman–Crippen MR) is 139 cm³/mol. The maximum absolute atomic E-state index is 12.6. The first-order valence-corrected chi connectivity index (χ1v) is 12.0.